The number of aromatic nitrogens is 1. The standard InChI is InChI=1S/C32H28Cl2N2O5S/c1-4-39-24-14-11-20(12-15-24)29-28(31(38)40-5-2)19(3)35-32-36(29)30(37)27(42-32)16-21-8-6-7-9-26(21)41-18-22-10-13-23(33)17-25(22)34/h6-17,29H,4-5,18H2,1-3H3/b27-16-/t29-/m1/s1. The summed E-state index contributed by atoms with van der Waals surface area (Å²) in [6.45, 7) is 6.37. The zero-order valence-corrected chi connectivity index (χ0v) is 25.6. The normalized spacial score (nSPS) is 14.8. The van der Waals surface area contributed by atoms with E-state index in [9.17, 15) is 9.59 Å². The van der Waals surface area contributed by atoms with Crippen LogP contribution in [-0.2, 0) is 16.1 Å². The summed E-state index contributed by atoms with van der Waals surface area (Å²) in [7, 11) is 0. The van der Waals surface area contributed by atoms with Gasteiger partial charge in [-0.3, -0.25) is 9.36 Å². The lowest BCUT2D eigenvalue weighted by molar-refractivity contribution is -0.139. The summed E-state index contributed by atoms with van der Waals surface area (Å²) in [5.41, 5.74) is 2.79. The first-order valence-corrected chi connectivity index (χ1v) is 15.0. The Hall–Kier alpha value is -3.85. The van der Waals surface area contributed by atoms with Crippen LogP contribution in [0.3, 0.4) is 0 Å². The van der Waals surface area contributed by atoms with Crippen LogP contribution in [0.1, 0.15) is 43.5 Å². The van der Waals surface area contributed by atoms with Crippen LogP contribution in [0.25, 0.3) is 6.08 Å². The maximum Gasteiger partial charge on any atom is 0.338 e. The van der Waals surface area contributed by atoms with E-state index in [0.29, 0.717) is 54.3 Å². The quantitative estimate of drug-likeness (QED) is 0.211. The molecule has 0 saturated carbocycles. The lowest BCUT2D eigenvalue weighted by Gasteiger charge is -2.24. The highest BCUT2D eigenvalue weighted by Crippen LogP contribution is 2.32. The van der Waals surface area contributed by atoms with Crippen LogP contribution in [-0.4, -0.2) is 23.8 Å². The van der Waals surface area contributed by atoms with Crippen molar-refractivity contribution < 1.29 is 19.0 Å². The molecule has 0 bridgehead atoms. The lowest BCUT2D eigenvalue weighted by atomic mass is 9.96. The molecule has 5 rings (SSSR count). The van der Waals surface area contributed by atoms with Crippen molar-refractivity contribution in [1.82, 2.24) is 4.57 Å². The summed E-state index contributed by atoms with van der Waals surface area (Å²) in [5.74, 6) is 0.774. The van der Waals surface area contributed by atoms with Crippen LogP contribution < -0.4 is 24.4 Å². The van der Waals surface area contributed by atoms with Gasteiger partial charge < -0.3 is 14.2 Å². The highest BCUT2D eigenvalue weighted by molar-refractivity contribution is 7.07. The fourth-order valence-electron chi connectivity index (χ4n) is 4.69. The minimum Gasteiger partial charge on any atom is -0.494 e. The van der Waals surface area contributed by atoms with Crippen molar-refractivity contribution in [1.29, 1.82) is 0 Å². The number of hydrogen-bond donors (Lipinski definition) is 0. The second kappa shape index (κ2) is 13.0. The molecule has 2 heterocycles. The predicted molar refractivity (Wildman–Crippen MR) is 165 cm³/mol. The van der Waals surface area contributed by atoms with E-state index in [1.807, 2.05) is 61.5 Å². The van der Waals surface area contributed by atoms with Crippen LogP contribution in [0.5, 0.6) is 11.5 Å². The second-order valence-corrected chi connectivity index (χ2v) is 11.2. The van der Waals surface area contributed by atoms with Crippen LogP contribution in [0.15, 0.2) is 87.8 Å². The average Bonchev–Trinajstić information content (AvgIpc) is 3.27. The number of allylic oxidation sites excluding steroid dienone is 1. The summed E-state index contributed by atoms with van der Waals surface area (Å²) in [5, 5.41) is 1.06. The molecule has 0 amide bonds. The van der Waals surface area contributed by atoms with Gasteiger partial charge in [-0.15, -0.1) is 0 Å². The molecule has 3 aromatic carbocycles. The van der Waals surface area contributed by atoms with E-state index in [0.717, 1.165) is 11.1 Å². The minimum absolute atomic E-state index is 0.202. The third-order valence-electron chi connectivity index (χ3n) is 6.63. The Balaban J connectivity index is 1.58. The molecule has 1 aliphatic heterocycles. The smallest absolute Gasteiger partial charge is 0.338 e. The van der Waals surface area contributed by atoms with E-state index in [1.54, 1.807) is 36.6 Å². The SMILES string of the molecule is CCOC(=O)C1=C(C)N=c2s/c(=C\c3ccccc3OCc3ccc(Cl)cc3Cl)c(=O)n2[C@@H]1c1ccc(OCC)cc1. The number of para-hydroxylation sites is 1. The van der Waals surface area contributed by atoms with E-state index in [2.05, 4.69) is 4.99 Å². The summed E-state index contributed by atoms with van der Waals surface area (Å²) in [6, 6.07) is 19.3. The van der Waals surface area contributed by atoms with Crippen molar-refractivity contribution in [2.24, 2.45) is 4.99 Å². The van der Waals surface area contributed by atoms with Gasteiger partial charge in [-0.25, -0.2) is 9.79 Å². The van der Waals surface area contributed by atoms with Crippen molar-refractivity contribution in [3.05, 3.63) is 124 Å². The highest BCUT2D eigenvalue weighted by atomic mass is 35.5. The van der Waals surface area contributed by atoms with Crippen molar-refractivity contribution in [2.45, 2.75) is 33.4 Å². The summed E-state index contributed by atoms with van der Waals surface area (Å²) >= 11 is 13.6. The first kappa shape index (κ1) is 29.6. The molecule has 7 nitrogen and oxygen atoms in total. The van der Waals surface area contributed by atoms with Crippen LogP contribution >= 0.6 is 34.5 Å². The number of benzene rings is 3. The molecule has 4 aromatic rings. The Morgan fingerprint density at radius 2 is 1.79 bits per heavy atom. The zero-order valence-electron chi connectivity index (χ0n) is 23.2. The van der Waals surface area contributed by atoms with E-state index in [1.165, 1.54) is 11.3 Å². The Morgan fingerprint density at radius 3 is 2.50 bits per heavy atom. The molecule has 0 N–H and O–H groups in total. The number of esters is 1. The molecule has 216 valence electrons. The van der Waals surface area contributed by atoms with Gasteiger partial charge in [0.2, 0.25) is 0 Å². The number of carbonyl (C=O) groups is 1. The largest absolute Gasteiger partial charge is 0.494 e. The summed E-state index contributed by atoms with van der Waals surface area (Å²) in [4.78, 5) is 32.3. The zero-order chi connectivity index (χ0) is 29.8. The van der Waals surface area contributed by atoms with Crippen molar-refractivity contribution in [3.8, 4) is 11.5 Å². The number of hydrogen-bond acceptors (Lipinski definition) is 7. The molecule has 0 fully saturated rings. The Labute approximate surface area is 256 Å². The monoisotopic (exact) mass is 622 g/mol. The van der Waals surface area contributed by atoms with Crippen LogP contribution in [0.2, 0.25) is 10.0 Å². The van der Waals surface area contributed by atoms with Gasteiger partial charge in [0.1, 0.15) is 18.1 Å². The predicted octanol–water partition coefficient (Wildman–Crippen LogP) is 6.08. The fourth-order valence-corrected chi connectivity index (χ4v) is 6.19. The summed E-state index contributed by atoms with van der Waals surface area (Å²) in [6.07, 6.45) is 1.78. The topological polar surface area (TPSA) is 79.1 Å². The van der Waals surface area contributed by atoms with Crippen molar-refractivity contribution in [2.75, 3.05) is 13.2 Å². The first-order chi connectivity index (χ1) is 20.3. The van der Waals surface area contributed by atoms with E-state index < -0.39 is 12.0 Å². The number of rotatable bonds is 9. The lowest BCUT2D eigenvalue weighted by Crippen LogP contribution is -2.39. The van der Waals surface area contributed by atoms with Crippen LogP contribution in [0.4, 0.5) is 0 Å². The molecule has 0 radical (unpaired) electrons. The average molecular weight is 624 g/mol. The highest BCUT2D eigenvalue weighted by Gasteiger charge is 2.33. The number of halogens is 2. The first-order valence-electron chi connectivity index (χ1n) is 13.4. The minimum atomic E-state index is -0.711. The Kier molecular flexibility index (Phi) is 9.16. The molecule has 0 unspecified atom stereocenters. The number of thiazole rings is 1. The third kappa shape index (κ3) is 6.16. The van der Waals surface area contributed by atoms with Gasteiger partial charge in [0.15, 0.2) is 4.80 Å². The molecule has 0 spiro atoms. The van der Waals surface area contributed by atoms with Crippen molar-refractivity contribution in [3.63, 3.8) is 0 Å². The van der Waals surface area contributed by atoms with Gasteiger partial charge in [-0.2, -0.15) is 0 Å². The van der Waals surface area contributed by atoms with Gasteiger partial charge in [0, 0.05) is 21.2 Å². The number of ether oxygens (including phenoxy) is 3. The molecule has 0 aliphatic carbocycles. The van der Waals surface area contributed by atoms with E-state index in [-0.39, 0.29) is 18.8 Å². The molecule has 0 saturated heterocycles. The van der Waals surface area contributed by atoms with Gasteiger partial charge in [0.25, 0.3) is 5.56 Å². The summed E-state index contributed by atoms with van der Waals surface area (Å²) < 4.78 is 19.1. The fraction of sp³-hybridized carbons (Fsp3) is 0.219. The Morgan fingerprint density at radius 1 is 1.02 bits per heavy atom. The molecule has 42 heavy (non-hydrogen) atoms. The van der Waals surface area contributed by atoms with E-state index in [4.69, 9.17) is 37.4 Å². The molecular formula is C32H28Cl2N2O5S. The second-order valence-electron chi connectivity index (χ2n) is 9.37. The van der Waals surface area contributed by atoms with Crippen LogP contribution in [0, 0.1) is 0 Å². The Bertz CT molecular complexity index is 1840. The van der Waals surface area contributed by atoms with Gasteiger partial charge in [-0.05, 0) is 62.7 Å². The van der Waals surface area contributed by atoms with Crippen molar-refractivity contribution >= 4 is 46.6 Å². The molecular weight excluding hydrogens is 595 g/mol. The number of nitrogens with zero attached hydrogens (tertiary/aromatic N) is 2. The van der Waals surface area contributed by atoms with Gasteiger partial charge >= 0.3 is 5.97 Å². The maximum atomic E-state index is 14.0. The molecule has 10 heteroatoms. The van der Waals surface area contributed by atoms with E-state index >= 15 is 0 Å². The third-order valence-corrected chi connectivity index (χ3v) is 8.20. The number of fused-ring (bicyclic) bond motifs is 1. The number of carbonyl (C=O) groups excluding carboxylic acids is 1. The van der Waals surface area contributed by atoms with Gasteiger partial charge in [0.05, 0.1) is 35.1 Å². The molecule has 1 aliphatic rings. The van der Waals surface area contributed by atoms with Gasteiger partial charge in [-0.1, -0.05) is 70.9 Å². The molecule has 1 atom stereocenters. The maximum absolute atomic E-state index is 14.0. The molecule has 1 aromatic heterocycles.